The molecule has 2 aromatic rings. The number of anilines is 2. The molecule has 0 aliphatic carbocycles. The number of para-hydroxylation sites is 2. The number of likely N-dealkylation sites (N-methyl/N-ethyl adjacent to an activating group) is 1. The smallest absolute Gasteiger partial charge is 0.256 e. The Bertz CT molecular complexity index is 624. The minimum absolute atomic E-state index is 0.0672. The lowest BCUT2D eigenvalue weighted by Crippen LogP contribution is -2.42. The first-order valence-corrected chi connectivity index (χ1v) is 6.34. The molecule has 1 amide bonds. The van der Waals surface area contributed by atoms with Gasteiger partial charge in [-0.25, -0.2) is 0 Å². The highest BCUT2D eigenvalue weighted by Crippen LogP contribution is 2.41. The van der Waals surface area contributed by atoms with Crippen LogP contribution in [0.2, 0.25) is 0 Å². The van der Waals surface area contributed by atoms with Gasteiger partial charge in [0.25, 0.3) is 5.91 Å². The van der Waals surface area contributed by atoms with Crippen molar-refractivity contribution in [1.29, 1.82) is 0 Å². The van der Waals surface area contributed by atoms with E-state index in [0.717, 1.165) is 16.9 Å². The van der Waals surface area contributed by atoms with Gasteiger partial charge in [0.15, 0.2) is 0 Å². The van der Waals surface area contributed by atoms with Crippen LogP contribution in [0.5, 0.6) is 0 Å². The number of nitrogens with one attached hydrogen (secondary N) is 1. The van der Waals surface area contributed by atoms with Crippen LogP contribution in [0.4, 0.5) is 11.4 Å². The van der Waals surface area contributed by atoms with Crippen molar-refractivity contribution in [1.82, 2.24) is 0 Å². The first-order valence-electron chi connectivity index (χ1n) is 6.34. The Labute approximate surface area is 112 Å². The second-order valence-electron chi connectivity index (χ2n) is 5.00. The summed E-state index contributed by atoms with van der Waals surface area (Å²) < 4.78 is 0. The summed E-state index contributed by atoms with van der Waals surface area (Å²) in [4.78, 5) is 14.3. The zero-order valence-electron chi connectivity index (χ0n) is 11.1. The first kappa shape index (κ1) is 11.8. The molecule has 96 valence electrons. The average Bonchev–Trinajstić information content (AvgIpc) is 2.63. The van der Waals surface area contributed by atoms with E-state index >= 15 is 0 Å². The third kappa shape index (κ3) is 1.70. The van der Waals surface area contributed by atoms with Gasteiger partial charge < -0.3 is 10.2 Å². The molecule has 3 heteroatoms. The van der Waals surface area contributed by atoms with Crippen molar-refractivity contribution in [3.05, 3.63) is 60.2 Å². The summed E-state index contributed by atoms with van der Waals surface area (Å²) >= 11 is 0. The first-order chi connectivity index (χ1) is 9.13. The molecule has 1 aliphatic heterocycles. The lowest BCUT2D eigenvalue weighted by atomic mass is 9.93. The predicted molar refractivity (Wildman–Crippen MR) is 77.3 cm³/mol. The van der Waals surface area contributed by atoms with Crippen LogP contribution in [0.3, 0.4) is 0 Å². The molecule has 2 aromatic carbocycles. The lowest BCUT2D eigenvalue weighted by molar-refractivity contribution is -0.121. The zero-order valence-corrected chi connectivity index (χ0v) is 11.1. The Morgan fingerprint density at radius 1 is 1.00 bits per heavy atom. The number of hydrogen-bond donors (Lipinski definition) is 1. The Balaban J connectivity index is 2.06. The van der Waals surface area contributed by atoms with E-state index in [1.165, 1.54) is 0 Å². The molecule has 0 bridgehead atoms. The van der Waals surface area contributed by atoms with Crippen molar-refractivity contribution in [2.75, 3.05) is 17.3 Å². The molecular formula is C16H16N2O. The number of rotatable bonds is 2. The minimum Gasteiger partial charge on any atom is -0.368 e. The van der Waals surface area contributed by atoms with Crippen LogP contribution in [0.25, 0.3) is 0 Å². The van der Waals surface area contributed by atoms with Crippen molar-refractivity contribution in [2.24, 2.45) is 0 Å². The van der Waals surface area contributed by atoms with E-state index in [9.17, 15) is 4.79 Å². The summed E-state index contributed by atoms with van der Waals surface area (Å²) in [6, 6.07) is 17.7. The second kappa shape index (κ2) is 4.12. The molecule has 3 nitrogen and oxygen atoms in total. The molecule has 0 radical (unpaired) electrons. The maximum atomic E-state index is 12.6. The molecule has 1 aliphatic rings. The highest BCUT2D eigenvalue weighted by molar-refractivity contribution is 6.08. The van der Waals surface area contributed by atoms with Crippen LogP contribution in [0, 0.1) is 0 Å². The van der Waals surface area contributed by atoms with Gasteiger partial charge in [-0.1, -0.05) is 36.4 Å². The Hall–Kier alpha value is -2.29. The summed E-state index contributed by atoms with van der Waals surface area (Å²) in [6.45, 7) is 1.94. The summed E-state index contributed by atoms with van der Waals surface area (Å²) in [7, 11) is 1.82. The Morgan fingerprint density at radius 3 is 2.37 bits per heavy atom. The van der Waals surface area contributed by atoms with E-state index in [4.69, 9.17) is 0 Å². The van der Waals surface area contributed by atoms with Crippen molar-refractivity contribution in [3.63, 3.8) is 0 Å². The van der Waals surface area contributed by atoms with Crippen molar-refractivity contribution in [2.45, 2.75) is 12.5 Å². The van der Waals surface area contributed by atoms with Crippen LogP contribution in [0.1, 0.15) is 12.5 Å². The molecular weight excluding hydrogens is 236 g/mol. The lowest BCUT2D eigenvalue weighted by Gasteiger charge is -2.26. The number of hydrogen-bond acceptors (Lipinski definition) is 2. The topological polar surface area (TPSA) is 32.3 Å². The fraction of sp³-hybridized carbons (Fsp3) is 0.188. The van der Waals surface area contributed by atoms with Gasteiger partial charge in [0, 0.05) is 24.0 Å². The number of nitrogens with zero attached hydrogens (tertiary/aromatic N) is 1. The molecule has 0 fully saturated rings. The van der Waals surface area contributed by atoms with Crippen LogP contribution in [0.15, 0.2) is 54.6 Å². The fourth-order valence-electron chi connectivity index (χ4n) is 2.68. The maximum Gasteiger partial charge on any atom is 0.256 e. The Morgan fingerprint density at radius 2 is 1.63 bits per heavy atom. The third-order valence-corrected chi connectivity index (χ3v) is 3.70. The van der Waals surface area contributed by atoms with E-state index in [1.54, 1.807) is 4.90 Å². The molecule has 1 unspecified atom stereocenters. The fourth-order valence-corrected chi connectivity index (χ4v) is 2.68. The predicted octanol–water partition coefficient (Wildman–Crippen LogP) is 2.99. The molecule has 3 rings (SSSR count). The maximum absolute atomic E-state index is 12.6. The van der Waals surface area contributed by atoms with Gasteiger partial charge in [0.2, 0.25) is 0 Å². The van der Waals surface area contributed by atoms with Crippen molar-refractivity contribution < 1.29 is 4.79 Å². The van der Waals surface area contributed by atoms with E-state index in [1.807, 2.05) is 68.6 Å². The van der Waals surface area contributed by atoms with Crippen LogP contribution in [-0.2, 0) is 10.3 Å². The van der Waals surface area contributed by atoms with Crippen molar-refractivity contribution in [3.8, 4) is 0 Å². The molecule has 1 atom stereocenters. The van der Waals surface area contributed by atoms with E-state index < -0.39 is 5.54 Å². The highest BCUT2D eigenvalue weighted by atomic mass is 16.2. The van der Waals surface area contributed by atoms with Crippen molar-refractivity contribution >= 4 is 17.3 Å². The second-order valence-corrected chi connectivity index (χ2v) is 5.00. The number of benzene rings is 2. The minimum atomic E-state index is -0.702. The van der Waals surface area contributed by atoms with Gasteiger partial charge in [-0.15, -0.1) is 0 Å². The monoisotopic (exact) mass is 252 g/mol. The molecule has 0 spiro atoms. The van der Waals surface area contributed by atoms with E-state index in [-0.39, 0.29) is 5.91 Å². The Kier molecular flexibility index (Phi) is 2.56. The number of carbonyl (C=O) groups excluding carboxylic acids is 1. The largest absolute Gasteiger partial charge is 0.368 e. The molecule has 1 heterocycles. The van der Waals surface area contributed by atoms with Gasteiger partial charge in [0.1, 0.15) is 5.54 Å². The summed E-state index contributed by atoms with van der Waals surface area (Å²) in [6.07, 6.45) is 0. The van der Waals surface area contributed by atoms with Gasteiger partial charge in [-0.3, -0.25) is 4.79 Å². The van der Waals surface area contributed by atoms with Gasteiger partial charge in [0.05, 0.1) is 0 Å². The molecule has 19 heavy (non-hydrogen) atoms. The van der Waals surface area contributed by atoms with Crippen LogP contribution in [-0.4, -0.2) is 13.0 Å². The quantitative estimate of drug-likeness (QED) is 0.891. The zero-order chi connectivity index (χ0) is 13.5. The molecule has 0 aromatic heterocycles. The van der Waals surface area contributed by atoms with E-state index in [0.29, 0.717) is 0 Å². The third-order valence-electron chi connectivity index (χ3n) is 3.70. The SMILES string of the molecule is CN1C(=O)C(C)(Nc2ccccc2)c2ccccc21. The van der Waals surface area contributed by atoms with Gasteiger partial charge >= 0.3 is 0 Å². The summed E-state index contributed by atoms with van der Waals surface area (Å²) in [5.74, 6) is 0.0672. The highest BCUT2D eigenvalue weighted by Gasteiger charge is 2.45. The van der Waals surface area contributed by atoms with Crippen LogP contribution >= 0.6 is 0 Å². The normalized spacial score (nSPS) is 21.4. The molecule has 0 saturated heterocycles. The number of carbonyl (C=O) groups is 1. The van der Waals surface area contributed by atoms with Gasteiger partial charge in [-0.05, 0) is 25.1 Å². The number of fused-ring (bicyclic) bond motifs is 1. The summed E-state index contributed by atoms with van der Waals surface area (Å²) in [5.41, 5.74) is 2.24. The number of amides is 1. The molecule has 1 N–H and O–H groups in total. The van der Waals surface area contributed by atoms with Crippen LogP contribution < -0.4 is 10.2 Å². The van der Waals surface area contributed by atoms with Gasteiger partial charge in [-0.2, -0.15) is 0 Å². The standard InChI is InChI=1S/C16H16N2O/c1-16(17-12-8-4-3-5-9-12)13-10-6-7-11-14(13)18(2)15(16)19/h3-11,17H,1-2H3. The summed E-state index contributed by atoms with van der Waals surface area (Å²) in [5, 5.41) is 3.36. The average molecular weight is 252 g/mol. The molecule has 0 saturated carbocycles. The van der Waals surface area contributed by atoms with E-state index in [2.05, 4.69) is 5.32 Å².